The zero-order chi connectivity index (χ0) is 13.8. The van der Waals surface area contributed by atoms with E-state index in [9.17, 15) is 9.59 Å². The number of benzene rings is 1. The molecule has 0 saturated carbocycles. The second-order valence-corrected chi connectivity index (χ2v) is 5.33. The van der Waals surface area contributed by atoms with Crippen LogP contribution in [-0.2, 0) is 9.59 Å². The molecule has 1 fully saturated rings. The van der Waals surface area contributed by atoms with Crippen molar-refractivity contribution in [1.29, 1.82) is 0 Å². The Balaban J connectivity index is 2.15. The zero-order valence-electron chi connectivity index (χ0n) is 9.58. The third-order valence-electron chi connectivity index (χ3n) is 2.16. The number of thiocarbonyl (C=S) groups is 1. The molecule has 1 amide bonds. The molecule has 98 valence electrons. The number of hydrogen-bond acceptors (Lipinski definition) is 5. The number of carbonyl (C=O) groups excluding carboxylic acids is 1. The van der Waals surface area contributed by atoms with Crippen LogP contribution in [0.4, 0.5) is 0 Å². The summed E-state index contributed by atoms with van der Waals surface area (Å²) in [6.07, 6.45) is 1.67. The van der Waals surface area contributed by atoms with E-state index in [0.717, 1.165) is 5.56 Å². The van der Waals surface area contributed by atoms with Crippen LogP contribution in [0, 0.1) is 0 Å². The van der Waals surface area contributed by atoms with Crippen LogP contribution in [0.3, 0.4) is 0 Å². The first-order chi connectivity index (χ1) is 9.04. The summed E-state index contributed by atoms with van der Waals surface area (Å²) in [6.45, 7) is -0.403. The predicted octanol–water partition coefficient (Wildman–Crippen LogP) is 1.64. The van der Waals surface area contributed by atoms with E-state index in [1.165, 1.54) is 11.8 Å². The van der Waals surface area contributed by atoms with Crippen molar-refractivity contribution in [3.63, 3.8) is 0 Å². The largest absolute Gasteiger partial charge is 0.482 e. The summed E-state index contributed by atoms with van der Waals surface area (Å²) in [4.78, 5) is 22.4. The molecule has 0 aliphatic carbocycles. The number of carboxylic acids is 1. The smallest absolute Gasteiger partial charge is 0.341 e. The Labute approximate surface area is 118 Å². The van der Waals surface area contributed by atoms with E-state index in [1.54, 1.807) is 30.3 Å². The Bertz CT molecular complexity index is 583. The minimum absolute atomic E-state index is 0.230. The van der Waals surface area contributed by atoms with Crippen LogP contribution in [0.1, 0.15) is 5.56 Å². The van der Waals surface area contributed by atoms with E-state index >= 15 is 0 Å². The molecular formula is C12H9NO4S2. The maximum absolute atomic E-state index is 11.5. The van der Waals surface area contributed by atoms with Crippen LogP contribution in [0.25, 0.3) is 6.08 Å². The highest BCUT2D eigenvalue weighted by Crippen LogP contribution is 2.26. The van der Waals surface area contributed by atoms with Crippen molar-refractivity contribution >= 4 is 46.3 Å². The van der Waals surface area contributed by atoms with Gasteiger partial charge in [-0.2, -0.15) is 0 Å². The van der Waals surface area contributed by atoms with Crippen LogP contribution < -0.4 is 10.1 Å². The zero-order valence-corrected chi connectivity index (χ0v) is 11.2. The summed E-state index contributed by atoms with van der Waals surface area (Å²) in [5.74, 6) is -0.838. The molecule has 1 saturated heterocycles. The molecule has 2 rings (SSSR count). The Kier molecular flexibility index (Phi) is 4.18. The average molecular weight is 295 g/mol. The van der Waals surface area contributed by atoms with Gasteiger partial charge in [0, 0.05) is 0 Å². The number of ether oxygens (including phenoxy) is 1. The van der Waals surface area contributed by atoms with Gasteiger partial charge in [-0.1, -0.05) is 36.1 Å². The van der Waals surface area contributed by atoms with Gasteiger partial charge in [0.05, 0.1) is 4.91 Å². The second kappa shape index (κ2) is 5.85. The lowest BCUT2D eigenvalue weighted by atomic mass is 10.2. The summed E-state index contributed by atoms with van der Waals surface area (Å²) >= 11 is 6.08. The van der Waals surface area contributed by atoms with E-state index in [4.69, 9.17) is 22.1 Å². The van der Waals surface area contributed by atoms with Gasteiger partial charge in [0.15, 0.2) is 6.61 Å². The number of rotatable bonds is 4. The van der Waals surface area contributed by atoms with Crippen molar-refractivity contribution in [1.82, 2.24) is 5.32 Å². The van der Waals surface area contributed by atoms with Crippen molar-refractivity contribution in [2.75, 3.05) is 6.61 Å². The quantitative estimate of drug-likeness (QED) is 0.649. The molecule has 2 N–H and O–H groups in total. The molecule has 0 radical (unpaired) electrons. The first-order valence-electron chi connectivity index (χ1n) is 5.24. The minimum Gasteiger partial charge on any atom is -0.482 e. The molecule has 1 aromatic rings. The molecular weight excluding hydrogens is 286 g/mol. The molecule has 0 bridgehead atoms. The Morgan fingerprint density at radius 3 is 2.95 bits per heavy atom. The number of hydrogen-bond donors (Lipinski definition) is 2. The van der Waals surface area contributed by atoms with Gasteiger partial charge in [-0.3, -0.25) is 4.79 Å². The number of nitrogens with one attached hydrogen (secondary N) is 1. The van der Waals surface area contributed by atoms with Crippen LogP contribution in [0.5, 0.6) is 5.75 Å². The van der Waals surface area contributed by atoms with Gasteiger partial charge in [-0.15, -0.1) is 0 Å². The Hall–Kier alpha value is -1.86. The minimum atomic E-state index is -1.04. The lowest BCUT2D eigenvalue weighted by Crippen LogP contribution is -2.17. The Morgan fingerprint density at radius 1 is 1.53 bits per heavy atom. The topological polar surface area (TPSA) is 75.6 Å². The lowest BCUT2D eigenvalue weighted by Gasteiger charge is -2.03. The van der Waals surface area contributed by atoms with Crippen molar-refractivity contribution in [2.45, 2.75) is 0 Å². The molecule has 0 unspecified atom stereocenters. The maximum atomic E-state index is 11.5. The molecule has 1 heterocycles. The van der Waals surface area contributed by atoms with E-state index in [2.05, 4.69) is 5.32 Å². The molecule has 1 aromatic carbocycles. The number of carboxylic acid groups (broad SMARTS) is 1. The van der Waals surface area contributed by atoms with Gasteiger partial charge >= 0.3 is 5.97 Å². The van der Waals surface area contributed by atoms with Gasteiger partial charge in [0.2, 0.25) is 0 Å². The van der Waals surface area contributed by atoms with Crippen LogP contribution in [0.15, 0.2) is 29.2 Å². The highest BCUT2D eigenvalue weighted by Gasteiger charge is 2.21. The van der Waals surface area contributed by atoms with E-state index < -0.39 is 12.6 Å². The number of carbonyl (C=O) groups is 2. The second-order valence-electron chi connectivity index (χ2n) is 3.61. The molecule has 1 aliphatic rings. The number of amides is 1. The molecule has 5 nitrogen and oxygen atoms in total. The van der Waals surface area contributed by atoms with Crippen molar-refractivity contribution in [3.05, 3.63) is 34.7 Å². The van der Waals surface area contributed by atoms with E-state index in [0.29, 0.717) is 15.0 Å². The van der Waals surface area contributed by atoms with Crippen LogP contribution in [-0.4, -0.2) is 27.9 Å². The molecule has 19 heavy (non-hydrogen) atoms. The van der Waals surface area contributed by atoms with Crippen LogP contribution in [0.2, 0.25) is 0 Å². The standard InChI is InChI=1S/C12H9NO4S2/c14-10(15)6-17-8-3-1-2-7(4-8)5-9-11(16)13-12(18)19-9/h1-5H,6H2,(H,14,15)(H,13,16,18). The third kappa shape index (κ3) is 3.80. The fourth-order valence-electron chi connectivity index (χ4n) is 1.41. The van der Waals surface area contributed by atoms with Gasteiger partial charge in [-0.05, 0) is 23.8 Å². The Morgan fingerprint density at radius 2 is 2.32 bits per heavy atom. The monoisotopic (exact) mass is 295 g/mol. The molecule has 0 spiro atoms. The van der Waals surface area contributed by atoms with Gasteiger partial charge < -0.3 is 15.2 Å². The highest BCUT2D eigenvalue weighted by molar-refractivity contribution is 8.26. The number of aliphatic carboxylic acids is 1. The SMILES string of the molecule is O=C(O)COc1cccc(C=C2SC(=S)NC2=O)c1. The first kappa shape index (κ1) is 13.6. The van der Waals surface area contributed by atoms with Gasteiger partial charge in [-0.25, -0.2) is 4.79 Å². The summed E-state index contributed by atoms with van der Waals surface area (Å²) in [7, 11) is 0. The van der Waals surface area contributed by atoms with E-state index in [1.807, 2.05) is 0 Å². The summed E-state index contributed by atoms with van der Waals surface area (Å²) in [5.41, 5.74) is 0.741. The first-order valence-corrected chi connectivity index (χ1v) is 6.46. The van der Waals surface area contributed by atoms with E-state index in [-0.39, 0.29) is 5.91 Å². The molecule has 1 aliphatic heterocycles. The molecule has 0 aromatic heterocycles. The molecule has 7 heteroatoms. The predicted molar refractivity (Wildman–Crippen MR) is 75.9 cm³/mol. The van der Waals surface area contributed by atoms with Crippen LogP contribution >= 0.6 is 24.0 Å². The maximum Gasteiger partial charge on any atom is 0.341 e. The normalized spacial score (nSPS) is 16.5. The fourth-order valence-corrected chi connectivity index (χ4v) is 2.46. The third-order valence-corrected chi connectivity index (χ3v) is 3.32. The van der Waals surface area contributed by atoms with Gasteiger partial charge in [0.25, 0.3) is 5.91 Å². The summed E-state index contributed by atoms with van der Waals surface area (Å²) in [5, 5.41) is 11.1. The van der Waals surface area contributed by atoms with Crippen molar-refractivity contribution in [3.8, 4) is 5.75 Å². The molecule has 0 atom stereocenters. The summed E-state index contributed by atoms with van der Waals surface area (Å²) < 4.78 is 5.48. The number of thioether (sulfide) groups is 1. The summed E-state index contributed by atoms with van der Waals surface area (Å²) in [6, 6.07) is 6.82. The van der Waals surface area contributed by atoms with Crippen molar-refractivity contribution in [2.24, 2.45) is 0 Å². The lowest BCUT2D eigenvalue weighted by molar-refractivity contribution is -0.139. The fraction of sp³-hybridized carbons (Fsp3) is 0.0833. The van der Waals surface area contributed by atoms with Gasteiger partial charge in [0.1, 0.15) is 10.1 Å². The highest BCUT2D eigenvalue weighted by atomic mass is 32.2. The van der Waals surface area contributed by atoms with Crippen molar-refractivity contribution < 1.29 is 19.4 Å². The average Bonchev–Trinajstić information content (AvgIpc) is 2.66.